The van der Waals surface area contributed by atoms with Crippen molar-refractivity contribution < 1.29 is 0 Å². The molecule has 3 nitrogen and oxygen atoms in total. The average Bonchev–Trinajstić information content (AvgIpc) is 2.18. The van der Waals surface area contributed by atoms with Crippen molar-refractivity contribution in [1.82, 2.24) is 10.2 Å². The minimum Gasteiger partial charge on any atom is -0.267 e. The summed E-state index contributed by atoms with van der Waals surface area (Å²) in [5, 5.41) is 7.76. The fourth-order valence-electron chi connectivity index (χ4n) is 1.37. The van der Waals surface area contributed by atoms with Crippen molar-refractivity contribution in [3.8, 4) is 0 Å². The minimum atomic E-state index is -0.125. The second-order valence-electron chi connectivity index (χ2n) is 2.97. The number of nitrogens with zero attached hydrogens (tertiary/aromatic N) is 1. The third kappa shape index (κ3) is 1.33. The molecule has 1 aromatic heterocycles. The van der Waals surface area contributed by atoms with Crippen LogP contribution in [0.3, 0.4) is 0 Å². The Kier molecular flexibility index (Phi) is 1.85. The highest BCUT2D eigenvalue weighted by molar-refractivity contribution is 5.81. The van der Waals surface area contributed by atoms with E-state index in [-0.39, 0.29) is 5.56 Å². The van der Waals surface area contributed by atoms with Gasteiger partial charge in [-0.1, -0.05) is 13.0 Å². The third-order valence-corrected chi connectivity index (χ3v) is 2.14. The highest BCUT2D eigenvalue weighted by atomic mass is 16.1. The van der Waals surface area contributed by atoms with E-state index < -0.39 is 0 Å². The van der Waals surface area contributed by atoms with E-state index in [0.29, 0.717) is 5.39 Å². The number of hydrogen-bond donors (Lipinski definition) is 1. The van der Waals surface area contributed by atoms with Crippen LogP contribution in [0, 0.1) is 0 Å². The number of hydrogen-bond acceptors (Lipinski definition) is 2. The number of aromatic amines is 1. The molecular weight excluding hydrogens is 164 g/mol. The second-order valence-corrected chi connectivity index (χ2v) is 2.97. The van der Waals surface area contributed by atoms with Crippen LogP contribution < -0.4 is 5.56 Å². The van der Waals surface area contributed by atoms with Crippen LogP contribution in [0.1, 0.15) is 12.5 Å². The van der Waals surface area contributed by atoms with Crippen LogP contribution in [0.15, 0.2) is 29.2 Å². The summed E-state index contributed by atoms with van der Waals surface area (Å²) in [5.41, 5.74) is 1.10. The highest BCUT2D eigenvalue weighted by Gasteiger charge is 1.98. The summed E-state index contributed by atoms with van der Waals surface area (Å²) >= 11 is 0. The summed E-state index contributed by atoms with van der Waals surface area (Å²) in [6.45, 7) is 2.09. The smallest absolute Gasteiger partial charge is 0.267 e. The van der Waals surface area contributed by atoms with Crippen molar-refractivity contribution in [2.45, 2.75) is 13.3 Å². The number of rotatable bonds is 1. The molecule has 0 fully saturated rings. The van der Waals surface area contributed by atoms with Crippen LogP contribution in [0.5, 0.6) is 0 Å². The Balaban J connectivity index is 2.80. The number of nitrogens with one attached hydrogen (secondary N) is 1. The van der Waals surface area contributed by atoms with Gasteiger partial charge in [0.1, 0.15) is 0 Å². The average molecular weight is 174 g/mol. The van der Waals surface area contributed by atoms with Crippen LogP contribution in [0.25, 0.3) is 10.8 Å². The molecule has 0 unspecified atom stereocenters. The molecule has 1 aromatic carbocycles. The van der Waals surface area contributed by atoms with E-state index in [1.165, 1.54) is 5.56 Å². The van der Waals surface area contributed by atoms with E-state index in [4.69, 9.17) is 0 Å². The van der Waals surface area contributed by atoms with Gasteiger partial charge in [0.15, 0.2) is 0 Å². The normalized spacial score (nSPS) is 10.5. The molecule has 1 N–H and O–H groups in total. The minimum absolute atomic E-state index is 0.125. The number of aryl methyl sites for hydroxylation is 1. The Hall–Kier alpha value is -1.64. The Bertz CT molecular complexity index is 487. The SMILES string of the molecule is CCc1ccc2c(=O)[nH]ncc2c1. The predicted octanol–water partition coefficient (Wildman–Crippen LogP) is 1.49. The first-order valence-corrected chi connectivity index (χ1v) is 4.27. The summed E-state index contributed by atoms with van der Waals surface area (Å²) in [6, 6.07) is 5.81. The van der Waals surface area contributed by atoms with Crippen molar-refractivity contribution in [3.05, 3.63) is 40.3 Å². The molecule has 0 amide bonds. The molecule has 0 saturated heterocycles. The largest absolute Gasteiger partial charge is 0.272 e. The molecule has 1 heterocycles. The van der Waals surface area contributed by atoms with Crippen LogP contribution >= 0.6 is 0 Å². The molecule has 0 atom stereocenters. The van der Waals surface area contributed by atoms with Gasteiger partial charge in [0.2, 0.25) is 0 Å². The lowest BCUT2D eigenvalue weighted by Gasteiger charge is -1.98. The van der Waals surface area contributed by atoms with Gasteiger partial charge in [-0.15, -0.1) is 0 Å². The Morgan fingerprint density at radius 1 is 1.46 bits per heavy atom. The van der Waals surface area contributed by atoms with Gasteiger partial charge in [0.25, 0.3) is 5.56 Å². The van der Waals surface area contributed by atoms with E-state index in [2.05, 4.69) is 17.1 Å². The van der Waals surface area contributed by atoms with Gasteiger partial charge < -0.3 is 0 Å². The number of fused-ring (bicyclic) bond motifs is 1. The summed E-state index contributed by atoms with van der Waals surface area (Å²) < 4.78 is 0. The Labute approximate surface area is 75.4 Å². The summed E-state index contributed by atoms with van der Waals surface area (Å²) in [7, 11) is 0. The maximum absolute atomic E-state index is 11.3. The molecule has 2 rings (SSSR count). The monoisotopic (exact) mass is 174 g/mol. The molecule has 0 saturated carbocycles. The van der Waals surface area contributed by atoms with Gasteiger partial charge in [0.05, 0.1) is 11.6 Å². The lowest BCUT2D eigenvalue weighted by Crippen LogP contribution is -2.07. The van der Waals surface area contributed by atoms with E-state index in [1.54, 1.807) is 6.20 Å². The molecule has 0 radical (unpaired) electrons. The highest BCUT2D eigenvalue weighted by Crippen LogP contribution is 2.10. The zero-order chi connectivity index (χ0) is 9.26. The van der Waals surface area contributed by atoms with Crippen molar-refractivity contribution in [3.63, 3.8) is 0 Å². The lowest BCUT2D eigenvalue weighted by molar-refractivity contribution is 1.01. The molecule has 3 heteroatoms. The topological polar surface area (TPSA) is 45.8 Å². The van der Waals surface area contributed by atoms with E-state index in [9.17, 15) is 4.79 Å². The molecule has 66 valence electrons. The fourth-order valence-corrected chi connectivity index (χ4v) is 1.37. The predicted molar refractivity (Wildman–Crippen MR) is 51.7 cm³/mol. The molecule has 2 aromatic rings. The first-order valence-electron chi connectivity index (χ1n) is 4.27. The third-order valence-electron chi connectivity index (χ3n) is 2.14. The number of H-pyrrole nitrogens is 1. The van der Waals surface area contributed by atoms with E-state index >= 15 is 0 Å². The number of aromatic nitrogens is 2. The quantitative estimate of drug-likeness (QED) is 0.711. The molecule has 0 bridgehead atoms. The van der Waals surface area contributed by atoms with Gasteiger partial charge in [-0.3, -0.25) is 4.79 Å². The molecule has 13 heavy (non-hydrogen) atoms. The second kappa shape index (κ2) is 3.01. The van der Waals surface area contributed by atoms with Gasteiger partial charge in [-0.2, -0.15) is 5.10 Å². The van der Waals surface area contributed by atoms with Gasteiger partial charge in [-0.05, 0) is 24.1 Å². The first-order chi connectivity index (χ1) is 6.31. The molecular formula is C10H10N2O. The molecule has 0 aliphatic carbocycles. The zero-order valence-corrected chi connectivity index (χ0v) is 7.37. The summed E-state index contributed by atoms with van der Waals surface area (Å²) in [6.07, 6.45) is 2.65. The van der Waals surface area contributed by atoms with Gasteiger partial charge >= 0.3 is 0 Å². The van der Waals surface area contributed by atoms with Crippen molar-refractivity contribution >= 4 is 10.8 Å². The van der Waals surface area contributed by atoms with Crippen LogP contribution in [0.2, 0.25) is 0 Å². The molecule has 0 aliphatic rings. The zero-order valence-electron chi connectivity index (χ0n) is 7.37. The maximum atomic E-state index is 11.3. The van der Waals surface area contributed by atoms with E-state index in [1.807, 2.05) is 18.2 Å². The lowest BCUT2D eigenvalue weighted by atomic mass is 10.1. The standard InChI is InChI=1S/C10H10N2O/c1-2-7-3-4-9-8(5-7)6-11-12-10(9)13/h3-6H,2H2,1H3,(H,12,13). The van der Waals surface area contributed by atoms with Crippen LogP contribution in [-0.4, -0.2) is 10.2 Å². The maximum Gasteiger partial charge on any atom is 0.272 e. The van der Waals surface area contributed by atoms with Crippen molar-refractivity contribution in [2.24, 2.45) is 0 Å². The van der Waals surface area contributed by atoms with Gasteiger partial charge in [-0.25, -0.2) is 5.10 Å². The summed E-state index contributed by atoms with van der Waals surface area (Å²) in [5.74, 6) is 0. The Morgan fingerprint density at radius 3 is 3.08 bits per heavy atom. The van der Waals surface area contributed by atoms with Gasteiger partial charge in [0, 0.05) is 5.39 Å². The van der Waals surface area contributed by atoms with Crippen LogP contribution in [0.4, 0.5) is 0 Å². The Morgan fingerprint density at radius 2 is 2.31 bits per heavy atom. The van der Waals surface area contributed by atoms with Crippen LogP contribution in [-0.2, 0) is 6.42 Å². The number of benzene rings is 1. The first kappa shape index (κ1) is 7.98. The fraction of sp³-hybridized carbons (Fsp3) is 0.200. The molecule has 0 spiro atoms. The summed E-state index contributed by atoms with van der Waals surface area (Å²) in [4.78, 5) is 11.3. The van der Waals surface area contributed by atoms with Crippen molar-refractivity contribution in [2.75, 3.05) is 0 Å². The van der Waals surface area contributed by atoms with Crippen molar-refractivity contribution in [1.29, 1.82) is 0 Å². The molecule has 0 aliphatic heterocycles. The van der Waals surface area contributed by atoms with E-state index in [0.717, 1.165) is 11.8 Å².